The lowest BCUT2D eigenvalue weighted by molar-refractivity contribution is -0.143. The molecule has 4 nitrogen and oxygen atoms in total. The first-order valence-electron chi connectivity index (χ1n) is 9.50. The zero-order chi connectivity index (χ0) is 18.6. The Morgan fingerprint density at radius 3 is 2.48 bits per heavy atom. The maximum Gasteiger partial charge on any atom is 0.266 e. The molecule has 0 spiro atoms. The number of nitrogens with zero attached hydrogens (tertiary/aromatic N) is 2. The minimum Gasteiger partial charge on any atom is -0.382 e. The van der Waals surface area contributed by atoms with Crippen molar-refractivity contribution in [2.75, 3.05) is 13.1 Å². The molecule has 2 aromatic carbocycles. The molecule has 0 saturated carbocycles. The van der Waals surface area contributed by atoms with Crippen molar-refractivity contribution < 1.29 is 14.0 Å². The zero-order valence-corrected chi connectivity index (χ0v) is 15.2. The highest BCUT2D eigenvalue weighted by Gasteiger charge is 2.34. The van der Waals surface area contributed by atoms with Gasteiger partial charge in [0.15, 0.2) is 0 Å². The largest absolute Gasteiger partial charge is 0.382 e. The Bertz CT molecular complexity index is 812. The number of likely N-dealkylation sites (tertiary alicyclic amines) is 1. The van der Waals surface area contributed by atoms with Crippen LogP contribution in [0.15, 0.2) is 59.8 Å². The summed E-state index contributed by atoms with van der Waals surface area (Å²) >= 11 is 0. The van der Waals surface area contributed by atoms with Crippen LogP contribution in [-0.2, 0) is 16.1 Å². The molecular formula is C22H23FN2O2. The lowest BCUT2D eigenvalue weighted by atomic mass is 9.90. The molecule has 2 heterocycles. The summed E-state index contributed by atoms with van der Waals surface area (Å²) in [6.07, 6.45) is 2.98. The molecule has 0 aromatic heterocycles. The second-order valence-electron chi connectivity index (χ2n) is 7.30. The van der Waals surface area contributed by atoms with Crippen LogP contribution in [0.4, 0.5) is 4.39 Å². The monoisotopic (exact) mass is 366 g/mol. The predicted octanol–water partition coefficient (Wildman–Crippen LogP) is 3.80. The van der Waals surface area contributed by atoms with Gasteiger partial charge in [-0.2, -0.15) is 0 Å². The lowest BCUT2D eigenvalue weighted by Gasteiger charge is -2.33. The molecular weight excluding hydrogens is 343 g/mol. The van der Waals surface area contributed by atoms with Gasteiger partial charge in [0.25, 0.3) is 5.91 Å². The molecule has 27 heavy (non-hydrogen) atoms. The third kappa shape index (κ3) is 4.18. The molecule has 4 rings (SSSR count). The van der Waals surface area contributed by atoms with E-state index in [4.69, 9.17) is 4.84 Å². The highest BCUT2D eigenvalue weighted by atomic mass is 19.1. The van der Waals surface area contributed by atoms with Gasteiger partial charge in [0, 0.05) is 19.5 Å². The first-order valence-corrected chi connectivity index (χ1v) is 9.50. The van der Waals surface area contributed by atoms with Crippen LogP contribution in [0.3, 0.4) is 0 Å². The van der Waals surface area contributed by atoms with Crippen molar-refractivity contribution in [3.63, 3.8) is 0 Å². The number of carbonyl (C=O) groups excluding carboxylic acids is 1. The van der Waals surface area contributed by atoms with Crippen molar-refractivity contribution in [1.82, 2.24) is 4.90 Å². The normalized spacial score (nSPS) is 20.3. The molecule has 2 aliphatic heterocycles. The third-order valence-corrected chi connectivity index (χ3v) is 5.42. The highest BCUT2D eigenvalue weighted by molar-refractivity contribution is 6.04. The quantitative estimate of drug-likeness (QED) is 0.826. The van der Waals surface area contributed by atoms with Crippen molar-refractivity contribution in [2.45, 2.75) is 31.8 Å². The summed E-state index contributed by atoms with van der Waals surface area (Å²) in [6.45, 7) is 1.53. The molecule has 0 unspecified atom stereocenters. The second-order valence-corrected chi connectivity index (χ2v) is 7.30. The molecule has 0 radical (unpaired) electrons. The Morgan fingerprint density at radius 2 is 1.78 bits per heavy atom. The molecule has 140 valence electrons. The van der Waals surface area contributed by atoms with Crippen LogP contribution in [0.25, 0.3) is 0 Å². The standard InChI is InChI=1S/C22H23FN2O2/c23-19-8-6-18(7-9-19)20-15-21(27-24-20)22(26)25-12-10-17(11-13-25)14-16-4-2-1-3-5-16/h1-9,17,21H,10-15H2/t21-/m1/s1. The summed E-state index contributed by atoms with van der Waals surface area (Å²) in [5, 5.41) is 4.05. The predicted molar refractivity (Wildman–Crippen MR) is 102 cm³/mol. The van der Waals surface area contributed by atoms with Crippen LogP contribution in [-0.4, -0.2) is 35.7 Å². The average Bonchev–Trinajstić information content (AvgIpc) is 3.20. The topological polar surface area (TPSA) is 41.9 Å². The van der Waals surface area contributed by atoms with Crippen molar-refractivity contribution in [3.8, 4) is 0 Å². The molecule has 1 amide bonds. The van der Waals surface area contributed by atoms with Crippen LogP contribution in [0.1, 0.15) is 30.4 Å². The maximum atomic E-state index is 13.1. The van der Waals surface area contributed by atoms with Gasteiger partial charge in [0.1, 0.15) is 5.82 Å². The number of hydrogen-bond acceptors (Lipinski definition) is 3. The van der Waals surface area contributed by atoms with Gasteiger partial charge < -0.3 is 9.74 Å². The fourth-order valence-electron chi connectivity index (χ4n) is 3.83. The number of amides is 1. The van der Waals surface area contributed by atoms with Gasteiger partial charge in [0.05, 0.1) is 5.71 Å². The molecule has 0 bridgehead atoms. The fourth-order valence-corrected chi connectivity index (χ4v) is 3.83. The molecule has 0 aliphatic carbocycles. The van der Waals surface area contributed by atoms with Crippen LogP contribution in [0.2, 0.25) is 0 Å². The summed E-state index contributed by atoms with van der Waals surface area (Å²) in [4.78, 5) is 20.1. The maximum absolute atomic E-state index is 13.1. The van der Waals surface area contributed by atoms with Gasteiger partial charge in [-0.1, -0.05) is 47.6 Å². The highest BCUT2D eigenvalue weighted by Crippen LogP contribution is 2.24. The van der Waals surface area contributed by atoms with Gasteiger partial charge in [-0.3, -0.25) is 4.79 Å². The first kappa shape index (κ1) is 17.7. The van der Waals surface area contributed by atoms with Crippen molar-refractivity contribution in [1.29, 1.82) is 0 Å². The van der Waals surface area contributed by atoms with E-state index in [0.29, 0.717) is 18.1 Å². The smallest absolute Gasteiger partial charge is 0.266 e. The van der Waals surface area contributed by atoms with E-state index in [1.54, 1.807) is 12.1 Å². The number of rotatable bonds is 4. The molecule has 2 aliphatic rings. The molecule has 5 heteroatoms. The summed E-state index contributed by atoms with van der Waals surface area (Å²) in [5.41, 5.74) is 2.86. The van der Waals surface area contributed by atoms with Crippen molar-refractivity contribution in [3.05, 3.63) is 71.5 Å². The van der Waals surface area contributed by atoms with Crippen molar-refractivity contribution >= 4 is 11.6 Å². The van der Waals surface area contributed by atoms with E-state index in [1.807, 2.05) is 11.0 Å². The molecule has 1 saturated heterocycles. The molecule has 0 N–H and O–H groups in total. The van der Waals surface area contributed by atoms with Gasteiger partial charge in [-0.15, -0.1) is 0 Å². The number of hydrogen-bond donors (Lipinski definition) is 0. The number of halogens is 1. The zero-order valence-electron chi connectivity index (χ0n) is 15.2. The molecule has 1 fully saturated rings. The van der Waals surface area contributed by atoms with E-state index in [-0.39, 0.29) is 11.7 Å². The Kier molecular flexibility index (Phi) is 5.19. The minimum absolute atomic E-state index is 0.00835. The van der Waals surface area contributed by atoms with E-state index in [0.717, 1.165) is 37.9 Å². The third-order valence-electron chi connectivity index (χ3n) is 5.42. The first-order chi connectivity index (χ1) is 13.2. The number of benzene rings is 2. The average molecular weight is 366 g/mol. The van der Waals surface area contributed by atoms with Gasteiger partial charge in [-0.05, 0) is 48.4 Å². The van der Waals surface area contributed by atoms with E-state index in [1.165, 1.54) is 17.7 Å². The Hall–Kier alpha value is -2.69. The van der Waals surface area contributed by atoms with E-state index in [2.05, 4.69) is 29.4 Å². The number of carbonyl (C=O) groups is 1. The number of oxime groups is 1. The fraction of sp³-hybridized carbons (Fsp3) is 0.364. The van der Waals surface area contributed by atoms with E-state index < -0.39 is 6.10 Å². The van der Waals surface area contributed by atoms with Gasteiger partial charge in [0.2, 0.25) is 6.10 Å². The summed E-state index contributed by atoms with van der Waals surface area (Å²) < 4.78 is 13.1. The van der Waals surface area contributed by atoms with Crippen LogP contribution >= 0.6 is 0 Å². The van der Waals surface area contributed by atoms with Gasteiger partial charge >= 0.3 is 0 Å². The summed E-state index contributed by atoms with van der Waals surface area (Å²) in [7, 11) is 0. The minimum atomic E-state index is -0.560. The second kappa shape index (κ2) is 7.91. The van der Waals surface area contributed by atoms with Gasteiger partial charge in [-0.25, -0.2) is 4.39 Å². The Morgan fingerprint density at radius 1 is 1.07 bits per heavy atom. The number of piperidine rings is 1. The van der Waals surface area contributed by atoms with E-state index in [9.17, 15) is 9.18 Å². The van der Waals surface area contributed by atoms with E-state index >= 15 is 0 Å². The van der Waals surface area contributed by atoms with Crippen LogP contribution in [0, 0.1) is 11.7 Å². The summed E-state index contributed by atoms with van der Waals surface area (Å²) in [6, 6.07) is 16.6. The van der Waals surface area contributed by atoms with Crippen LogP contribution in [0.5, 0.6) is 0 Å². The van der Waals surface area contributed by atoms with Crippen LogP contribution < -0.4 is 0 Å². The Labute approximate surface area is 158 Å². The molecule has 2 aromatic rings. The summed E-state index contributed by atoms with van der Waals surface area (Å²) in [5.74, 6) is 0.338. The van der Waals surface area contributed by atoms with Crippen molar-refractivity contribution in [2.24, 2.45) is 11.1 Å². The Balaban J connectivity index is 1.28. The lowest BCUT2D eigenvalue weighted by Crippen LogP contribution is -2.44. The SMILES string of the molecule is O=C([C@H]1CC(c2ccc(F)cc2)=NO1)N1CCC(Cc2ccccc2)CC1. The molecule has 1 atom stereocenters.